The highest BCUT2D eigenvalue weighted by Gasteiger charge is 2.19. The van der Waals surface area contributed by atoms with E-state index in [1.807, 2.05) is 44.6 Å². The monoisotopic (exact) mass is 274 g/mol. The molecule has 1 amide bonds. The lowest BCUT2D eigenvalue weighted by atomic mass is 10.1. The topological polar surface area (TPSA) is 62.7 Å². The zero-order valence-electron chi connectivity index (χ0n) is 12.7. The third-order valence-electron chi connectivity index (χ3n) is 3.72. The van der Waals surface area contributed by atoms with E-state index in [1.165, 1.54) is 0 Å². The lowest BCUT2D eigenvalue weighted by Gasteiger charge is -2.14. The Balaban J connectivity index is 2.15. The number of hydrogen-bond donors (Lipinski definition) is 2. The van der Waals surface area contributed by atoms with Gasteiger partial charge in [-0.15, -0.1) is 0 Å². The Labute approximate surface area is 119 Å². The first-order valence-electron chi connectivity index (χ1n) is 6.92. The van der Waals surface area contributed by atoms with Crippen molar-refractivity contribution in [1.29, 1.82) is 0 Å². The van der Waals surface area contributed by atoms with Crippen LogP contribution in [-0.2, 0) is 13.5 Å². The average molecular weight is 274 g/mol. The third-order valence-corrected chi connectivity index (χ3v) is 3.72. The minimum absolute atomic E-state index is 0.0652. The summed E-state index contributed by atoms with van der Waals surface area (Å²) < 4.78 is 1.84. The fraction of sp³-hybridized carbons (Fsp3) is 0.467. The Hall–Kier alpha value is -2.04. The maximum atomic E-state index is 12.2. The number of aromatic amines is 1. The van der Waals surface area contributed by atoms with Gasteiger partial charge in [0.2, 0.25) is 0 Å². The van der Waals surface area contributed by atoms with Crippen molar-refractivity contribution in [2.45, 2.75) is 40.2 Å². The molecule has 20 heavy (non-hydrogen) atoms. The molecule has 0 fully saturated rings. The number of aromatic nitrogens is 3. The van der Waals surface area contributed by atoms with Gasteiger partial charge in [-0.25, -0.2) is 0 Å². The van der Waals surface area contributed by atoms with Crippen LogP contribution in [0, 0.1) is 13.8 Å². The van der Waals surface area contributed by atoms with Crippen LogP contribution >= 0.6 is 0 Å². The van der Waals surface area contributed by atoms with Crippen LogP contribution in [0.1, 0.15) is 53.0 Å². The van der Waals surface area contributed by atoms with Crippen LogP contribution in [0.3, 0.4) is 0 Å². The number of carbonyl (C=O) groups is 1. The highest BCUT2D eigenvalue weighted by atomic mass is 16.1. The Kier molecular flexibility index (Phi) is 3.97. The number of nitrogens with one attached hydrogen (secondary N) is 2. The van der Waals surface area contributed by atoms with Gasteiger partial charge in [0.1, 0.15) is 5.69 Å². The normalized spacial score (nSPS) is 12.4. The summed E-state index contributed by atoms with van der Waals surface area (Å²) in [5, 5.41) is 7.41. The van der Waals surface area contributed by atoms with E-state index in [4.69, 9.17) is 0 Å². The van der Waals surface area contributed by atoms with Crippen LogP contribution in [0.25, 0.3) is 0 Å². The van der Waals surface area contributed by atoms with Crippen molar-refractivity contribution in [3.05, 3.63) is 40.5 Å². The van der Waals surface area contributed by atoms with Crippen molar-refractivity contribution in [2.75, 3.05) is 0 Å². The molecule has 0 bridgehead atoms. The highest BCUT2D eigenvalue weighted by Crippen LogP contribution is 2.21. The summed E-state index contributed by atoms with van der Waals surface area (Å²) in [6.07, 6.45) is 0.893. The summed E-state index contributed by atoms with van der Waals surface area (Å²) in [4.78, 5) is 15.3. The quantitative estimate of drug-likeness (QED) is 0.899. The first kappa shape index (κ1) is 14.4. The van der Waals surface area contributed by atoms with Crippen LogP contribution in [0.15, 0.2) is 12.1 Å². The summed E-state index contributed by atoms with van der Waals surface area (Å²) in [5.74, 6) is -0.0835. The summed E-state index contributed by atoms with van der Waals surface area (Å²) in [6, 6.07) is 3.70. The molecule has 5 heteroatoms. The van der Waals surface area contributed by atoms with Gasteiger partial charge in [-0.3, -0.25) is 9.48 Å². The molecule has 0 aliphatic carbocycles. The molecule has 2 N–H and O–H groups in total. The minimum atomic E-state index is -0.0835. The van der Waals surface area contributed by atoms with Crippen molar-refractivity contribution in [3.63, 3.8) is 0 Å². The summed E-state index contributed by atoms with van der Waals surface area (Å²) >= 11 is 0. The predicted molar refractivity (Wildman–Crippen MR) is 78.7 cm³/mol. The van der Waals surface area contributed by atoms with Gasteiger partial charge in [-0.05, 0) is 39.3 Å². The molecule has 1 atom stereocenters. The van der Waals surface area contributed by atoms with Gasteiger partial charge in [0.05, 0.1) is 11.7 Å². The minimum Gasteiger partial charge on any atom is -0.354 e. The van der Waals surface area contributed by atoms with Crippen LogP contribution in [0.5, 0.6) is 0 Å². The van der Waals surface area contributed by atoms with Gasteiger partial charge in [-0.2, -0.15) is 5.10 Å². The van der Waals surface area contributed by atoms with Crippen LogP contribution in [0.4, 0.5) is 0 Å². The molecule has 0 radical (unpaired) electrons. The summed E-state index contributed by atoms with van der Waals surface area (Å²) in [6.45, 7) is 8.02. The van der Waals surface area contributed by atoms with Gasteiger partial charge in [0.15, 0.2) is 0 Å². The number of rotatable bonds is 4. The molecule has 0 saturated heterocycles. The van der Waals surface area contributed by atoms with Crippen LogP contribution in [-0.4, -0.2) is 20.7 Å². The Bertz CT molecular complexity index is 624. The van der Waals surface area contributed by atoms with Crippen LogP contribution < -0.4 is 5.32 Å². The van der Waals surface area contributed by atoms with Crippen molar-refractivity contribution in [1.82, 2.24) is 20.1 Å². The molecule has 0 aliphatic heterocycles. The SMILES string of the molecule is CCc1ccc(C(=O)N[C@@H](C)c2c(C)nn(C)c2C)[nH]1. The van der Waals surface area contributed by atoms with E-state index in [-0.39, 0.29) is 11.9 Å². The van der Waals surface area contributed by atoms with Gasteiger partial charge < -0.3 is 10.3 Å². The second-order valence-corrected chi connectivity index (χ2v) is 5.15. The highest BCUT2D eigenvalue weighted by molar-refractivity contribution is 5.92. The molecular weight excluding hydrogens is 252 g/mol. The van der Waals surface area contributed by atoms with E-state index in [9.17, 15) is 4.79 Å². The lowest BCUT2D eigenvalue weighted by Crippen LogP contribution is -2.27. The fourth-order valence-electron chi connectivity index (χ4n) is 2.54. The van der Waals surface area contributed by atoms with Gasteiger partial charge >= 0.3 is 0 Å². The molecule has 0 spiro atoms. The van der Waals surface area contributed by atoms with Crippen molar-refractivity contribution >= 4 is 5.91 Å². The lowest BCUT2D eigenvalue weighted by molar-refractivity contribution is 0.0935. The standard InChI is InChI=1S/C15H22N4O/c1-6-12-7-8-13(17-12)15(20)16-9(2)14-10(3)18-19(5)11(14)4/h7-9,17H,6H2,1-5H3,(H,16,20)/t9-/m0/s1. The van der Waals surface area contributed by atoms with Gasteiger partial charge in [0, 0.05) is 24.0 Å². The number of aryl methyl sites for hydroxylation is 3. The molecule has 2 aromatic heterocycles. The molecule has 0 aliphatic rings. The van der Waals surface area contributed by atoms with E-state index in [0.717, 1.165) is 29.1 Å². The molecule has 2 heterocycles. The summed E-state index contributed by atoms with van der Waals surface area (Å²) in [5.41, 5.74) is 4.79. The van der Waals surface area contributed by atoms with Crippen molar-refractivity contribution < 1.29 is 4.79 Å². The molecule has 5 nitrogen and oxygen atoms in total. The van der Waals surface area contributed by atoms with Crippen molar-refractivity contribution in [2.24, 2.45) is 7.05 Å². The number of H-pyrrole nitrogens is 1. The fourth-order valence-corrected chi connectivity index (χ4v) is 2.54. The third kappa shape index (κ3) is 2.61. The molecule has 2 aromatic rings. The van der Waals surface area contributed by atoms with Gasteiger partial charge in [-0.1, -0.05) is 6.92 Å². The van der Waals surface area contributed by atoms with Gasteiger partial charge in [0.25, 0.3) is 5.91 Å². The van der Waals surface area contributed by atoms with Crippen molar-refractivity contribution in [3.8, 4) is 0 Å². The molecule has 0 unspecified atom stereocenters. The maximum Gasteiger partial charge on any atom is 0.268 e. The number of hydrogen-bond acceptors (Lipinski definition) is 2. The average Bonchev–Trinajstić information content (AvgIpc) is 2.95. The number of carbonyl (C=O) groups excluding carboxylic acids is 1. The largest absolute Gasteiger partial charge is 0.354 e. The number of amides is 1. The molecule has 0 aromatic carbocycles. The first-order valence-corrected chi connectivity index (χ1v) is 6.92. The zero-order valence-corrected chi connectivity index (χ0v) is 12.7. The summed E-state index contributed by atoms with van der Waals surface area (Å²) in [7, 11) is 1.92. The Morgan fingerprint density at radius 2 is 2.15 bits per heavy atom. The van der Waals surface area contributed by atoms with E-state index in [0.29, 0.717) is 5.69 Å². The maximum absolute atomic E-state index is 12.2. The smallest absolute Gasteiger partial charge is 0.268 e. The van der Waals surface area contributed by atoms with E-state index < -0.39 is 0 Å². The first-order chi connectivity index (χ1) is 9.43. The predicted octanol–water partition coefficient (Wildman–Crippen LogP) is 2.42. The van der Waals surface area contributed by atoms with E-state index in [2.05, 4.69) is 22.3 Å². The second kappa shape index (κ2) is 5.53. The Morgan fingerprint density at radius 1 is 1.45 bits per heavy atom. The number of nitrogens with zero attached hydrogens (tertiary/aromatic N) is 2. The van der Waals surface area contributed by atoms with Crippen LogP contribution in [0.2, 0.25) is 0 Å². The molecule has 0 saturated carbocycles. The zero-order chi connectivity index (χ0) is 14.9. The van der Waals surface area contributed by atoms with E-state index >= 15 is 0 Å². The van der Waals surface area contributed by atoms with E-state index in [1.54, 1.807) is 0 Å². The Morgan fingerprint density at radius 3 is 2.65 bits per heavy atom. The molecular formula is C15H22N4O. The molecule has 108 valence electrons. The molecule has 2 rings (SSSR count). The second-order valence-electron chi connectivity index (χ2n) is 5.15.